The lowest BCUT2D eigenvalue weighted by molar-refractivity contribution is -0.385. The van der Waals surface area contributed by atoms with Crippen molar-refractivity contribution in [1.29, 1.82) is 0 Å². The second-order valence-corrected chi connectivity index (χ2v) is 5.24. The van der Waals surface area contributed by atoms with Crippen molar-refractivity contribution in [1.82, 2.24) is 4.90 Å². The lowest BCUT2D eigenvalue weighted by atomic mass is 10.1. The molecule has 0 bridgehead atoms. The van der Waals surface area contributed by atoms with Crippen LogP contribution in [0.3, 0.4) is 0 Å². The Morgan fingerprint density at radius 1 is 1.50 bits per heavy atom. The Kier molecular flexibility index (Phi) is 3.16. The molecule has 0 saturated heterocycles. The van der Waals surface area contributed by atoms with Crippen LogP contribution in [0.25, 0.3) is 0 Å². The SMILES string of the molecule is CN(C)C1CSc2ccc([N+](=O)[O-])cc2C1. The summed E-state index contributed by atoms with van der Waals surface area (Å²) >= 11 is 1.78. The normalized spacial score (nSPS) is 19.6. The van der Waals surface area contributed by atoms with Crippen LogP contribution in [-0.4, -0.2) is 35.7 Å². The fourth-order valence-corrected chi connectivity index (χ4v) is 3.09. The molecule has 5 heteroatoms. The number of benzene rings is 1. The first-order chi connectivity index (χ1) is 7.58. The molecule has 0 amide bonds. The summed E-state index contributed by atoms with van der Waals surface area (Å²) in [6.45, 7) is 0. The van der Waals surface area contributed by atoms with Gasteiger partial charge in [0.15, 0.2) is 0 Å². The Morgan fingerprint density at radius 3 is 2.88 bits per heavy atom. The highest BCUT2D eigenvalue weighted by Crippen LogP contribution is 2.33. The molecule has 0 N–H and O–H groups in total. The number of fused-ring (bicyclic) bond motifs is 1. The topological polar surface area (TPSA) is 46.4 Å². The minimum atomic E-state index is -0.329. The summed E-state index contributed by atoms with van der Waals surface area (Å²) in [6, 6.07) is 5.63. The van der Waals surface area contributed by atoms with Gasteiger partial charge in [-0.3, -0.25) is 10.1 Å². The number of rotatable bonds is 2. The second-order valence-electron chi connectivity index (χ2n) is 4.18. The van der Waals surface area contributed by atoms with Crippen LogP contribution in [0.4, 0.5) is 5.69 Å². The molecule has 16 heavy (non-hydrogen) atoms. The number of nitro groups is 1. The molecule has 1 heterocycles. The fraction of sp³-hybridized carbons (Fsp3) is 0.455. The lowest BCUT2D eigenvalue weighted by Gasteiger charge is -2.29. The molecule has 0 spiro atoms. The Balaban J connectivity index is 2.28. The number of likely N-dealkylation sites (N-methyl/N-ethyl adjacent to an activating group) is 1. The van der Waals surface area contributed by atoms with Crippen molar-refractivity contribution in [3.63, 3.8) is 0 Å². The van der Waals surface area contributed by atoms with Gasteiger partial charge in [0, 0.05) is 28.8 Å². The highest BCUT2D eigenvalue weighted by molar-refractivity contribution is 7.99. The smallest absolute Gasteiger partial charge is 0.269 e. The number of hydrogen-bond donors (Lipinski definition) is 0. The molecule has 0 fully saturated rings. The monoisotopic (exact) mass is 238 g/mol. The van der Waals surface area contributed by atoms with Crippen LogP contribution in [0.15, 0.2) is 23.1 Å². The van der Waals surface area contributed by atoms with E-state index in [0.717, 1.165) is 17.7 Å². The van der Waals surface area contributed by atoms with E-state index in [1.54, 1.807) is 23.9 Å². The number of thioether (sulfide) groups is 1. The minimum Gasteiger partial charge on any atom is -0.305 e. The molecular weight excluding hydrogens is 224 g/mol. The average molecular weight is 238 g/mol. The quantitative estimate of drug-likeness (QED) is 0.585. The van der Waals surface area contributed by atoms with Crippen LogP contribution in [0, 0.1) is 10.1 Å². The number of nitrogens with zero attached hydrogens (tertiary/aromatic N) is 2. The van der Waals surface area contributed by atoms with Crippen LogP contribution in [0.1, 0.15) is 5.56 Å². The van der Waals surface area contributed by atoms with Gasteiger partial charge in [-0.15, -0.1) is 11.8 Å². The zero-order valence-corrected chi connectivity index (χ0v) is 10.2. The average Bonchev–Trinajstić information content (AvgIpc) is 2.27. The van der Waals surface area contributed by atoms with Crippen molar-refractivity contribution < 1.29 is 4.92 Å². The van der Waals surface area contributed by atoms with Gasteiger partial charge in [0.2, 0.25) is 0 Å². The number of non-ortho nitro benzene ring substituents is 1. The Hall–Kier alpha value is -1.07. The van der Waals surface area contributed by atoms with Crippen molar-refractivity contribution in [2.24, 2.45) is 0 Å². The molecule has 1 aromatic rings. The zero-order valence-electron chi connectivity index (χ0n) is 9.34. The van der Waals surface area contributed by atoms with E-state index in [1.165, 1.54) is 4.90 Å². The van der Waals surface area contributed by atoms with Gasteiger partial charge in [0.25, 0.3) is 5.69 Å². The van der Waals surface area contributed by atoms with Crippen molar-refractivity contribution in [2.45, 2.75) is 17.4 Å². The van der Waals surface area contributed by atoms with Crippen LogP contribution in [0.2, 0.25) is 0 Å². The third kappa shape index (κ3) is 2.20. The van der Waals surface area contributed by atoms with Gasteiger partial charge in [-0.1, -0.05) is 0 Å². The lowest BCUT2D eigenvalue weighted by Crippen LogP contribution is -2.34. The van der Waals surface area contributed by atoms with Crippen molar-refractivity contribution in [3.8, 4) is 0 Å². The summed E-state index contributed by atoms with van der Waals surface area (Å²) in [7, 11) is 4.10. The zero-order chi connectivity index (χ0) is 11.7. The highest BCUT2D eigenvalue weighted by Gasteiger charge is 2.22. The Labute approximate surface area is 98.8 Å². The van der Waals surface area contributed by atoms with E-state index in [-0.39, 0.29) is 10.6 Å². The molecular formula is C11H14N2O2S. The maximum Gasteiger partial charge on any atom is 0.269 e. The van der Waals surface area contributed by atoms with Crippen molar-refractivity contribution in [2.75, 3.05) is 19.8 Å². The third-order valence-corrected chi connectivity index (χ3v) is 4.13. The Morgan fingerprint density at radius 2 is 2.25 bits per heavy atom. The summed E-state index contributed by atoms with van der Waals surface area (Å²) in [6.07, 6.45) is 0.900. The second kappa shape index (κ2) is 4.43. The summed E-state index contributed by atoms with van der Waals surface area (Å²) in [4.78, 5) is 13.7. The maximum absolute atomic E-state index is 10.7. The van der Waals surface area contributed by atoms with Crippen LogP contribution < -0.4 is 0 Å². The minimum absolute atomic E-state index is 0.193. The van der Waals surface area contributed by atoms with E-state index in [9.17, 15) is 10.1 Å². The molecule has 1 aromatic carbocycles. The van der Waals surface area contributed by atoms with Gasteiger partial charge in [0.1, 0.15) is 0 Å². The van der Waals surface area contributed by atoms with E-state index in [2.05, 4.69) is 4.90 Å². The van der Waals surface area contributed by atoms with Crippen LogP contribution >= 0.6 is 11.8 Å². The largest absolute Gasteiger partial charge is 0.305 e. The molecule has 0 saturated carbocycles. The predicted molar refractivity (Wildman–Crippen MR) is 65.0 cm³/mol. The molecule has 2 rings (SSSR count). The summed E-state index contributed by atoms with van der Waals surface area (Å²) in [5, 5.41) is 10.7. The summed E-state index contributed by atoms with van der Waals surface area (Å²) in [5.41, 5.74) is 1.29. The van der Waals surface area contributed by atoms with E-state index in [0.29, 0.717) is 6.04 Å². The van der Waals surface area contributed by atoms with Gasteiger partial charge in [0.05, 0.1) is 4.92 Å². The van der Waals surface area contributed by atoms with Gasteiger partial charge in [-0.05, 0) is 32.1 Å². The van der Waals surface area contributed by atoms with E-state index in [1.807, 2.05) is 20.2 Å². The number of hydrogen-bond acceptors (Lipinski definition) is 4. The molecule has 86 valence electrons. The number of nitro benzene ring substituents is 1. The highest BCUT2D eigenvalue weighted by atomic mass is 32.2. The first-order valence-corrected chi connectivity index (χ1v) is 6.13. The standard InChI is InChI=1S/C11H14N2O2S/c1-12(2)10-6-8-5-9(13(14)15)3-4-11(8)16-7-10/h3-5,10H,6-7H2,1-2H3. The Bertz CT molecular complexity index is 420. The molecule has 1 aliphatic rings. The molecule has 4 nitrogen and oxygen atoms in total. The van der Waals surface area contributed by atoms with E-state index >= 15 is 0 Å². The predicted octanol–water partition coefficient (Wildman–Crippen LogP) is 2.17. The molecule has 1 unspecified atom stereocenters. The van der Waals surface area contributed by atoms with Crippen LogP contribution in [-0.2, 0) is 6.42 Å². The maximum atomic E-state index is 10.7. The molecule has 0 aliphatic carbocycles. The fourth-order valence-electron chi connectivity index (χ4n) is 1.81. The van der Waals surface area contributed by atoms with Crippen molar-refractivity contribution >= 4 is 17.4 Å². The summed E-state index contributed by atoms with van der Waals surface area (Å²) < 4.78 is 0. The van der Waals surface area contributed by atoms with E-state index in [4.69, 9.17) is 0 Å². The van der Waals surface area contributed by atoms with Gasteiger partial charge >= 0.3 is 0 Å². The molecule has 0 radical (unpaired) electrons. The third-order valence-electron chi connectivity index (χ3n) is 2.87. The molecule has 0 aromatic heterocycles. The molecule has 1 atom stereocenters. The first kappa shape index (κ1) is 11.4. The molecule has 1 aliphatic heterocycles. The first-order valence-electron chi connectivity index (χ1n) is 5.14. The van der Waals surface area contributed by atoms with Gasteiger partial charge in [-0.2, -0.15) is 0 Å². The summed E-state index contributed by atoms with van der Waals surface area (Å²) in [5.74, 6) is 1.05. The van der Waals surface area contributed by atoms with Crippen LogP contribution in [0.5, 0.6) is 0 Å². The van der Waals surface area contributed by atoms with E-state index < -0.39 is 0 Å². The van der Waals surface area contributed by atoms with Crippen molar-refractivity contribution in [3.05, 3.63) is 33.9 Å². The van der Waals surface area contributed by atoms with Gasteiger partial charge in [-0.25, -0.2) is 0 Å². The van der Waals surface area contributed by atoms with Gasteiger partial charge < -0.3 is 4.90 Å².